The molecule has 0 aromatic heterocycles. The molecule has 1 fully saturated rings. The van der Waals surface area contributed by atoms with Crippen LogP contribution in [0.3, 0.4) is 0 Å². The Bertz CT molecular complexity index is 338. The van der Waals surface area contributed by atoms with Crippen molar-refractivity contribution < 1.29 is 9.50 Å². The summed E-state index contributed by atoms with van der Waals surface area (Å²) in [5.74, 6) is -0.315. The average Bonchev–Trinajstić information content (AvgIpc) is 2.50. The fraction of sp³-hybridized carbons (Fsp3) is 0.455. The minimum Gasteiger partial charge on any atom is -0.399 e. The van der Waals surface area contributed by atoms with Gasteiger partial charge in [-0.2, -0.15) is 0 Å². The molecule has 0 spiro atoms. The van der Waals surface area contributed by atoms with E-state index in [1.165, 1.54) is 23.9 Å². The van der Waals surface area contributed by atoms with Gasteiger partial charge in [0.2, 0.25) is 0 Å². The van der Waals surface area contributed by atoms with Crippen molar-refractivity contribution >= 4 is 17.4 Å². The van der Waals surface area contributed by atoms with Gasteiger partial charge in [-0.05, 0) is 37.5 Å². The van der Waals surface area contributed by atoms with Crippen LogP contribution in [0.2, 0.25) is 0 Å². The highest BCUT2D eigenvalue weighted by atomic mass is 32.2. The molecule has 0 saturated heterocycles. The van der Waals surface area contributed by atoms with Crippen molar-refractivity contribution in [1.82, 2.24) is 0 Å². The van der Waals surface area contributed by atoms with E-state index in [2.05, 4.69) is 0 Å². The molecular formula is C11H14FNOS. The molecule has 0 bridgehead atoms. The fourth-order valence-electron chi connectivity index (χ4n) is 1.87. The second-order valence-electron chi connectivity index (χ2n) is 3.87. The van der Waals surface area contributed by atoms with E-state index in [-0.39, 0.29) is 17.2 Å². The van der Waals surface area contributed by atoms with Crippen LogP contribution >= 0.6 is 11.8 Å². The molecule has 2 atom stereocenters. The van der Waals surface area contributed by atoms with Gasteiger partial charge < -0.3 is 10.8 Å². The second-order valence-corrected chi connectivity index (χ2v) is 5.19. The maximum Gasteiger partial charge on any atom is 0.126 e. The van der Waals surface area contributed by atoms with Crippen molar-refractivity contribution in [3.05, 3.63) is 24.0 Å². The lowest BCUT2D eigenvalue weighted by Crippen LogP contribution is -2.14. The van der Waals surface area contributed by atoms with Gasteiger partial charge in [0.15, 0.2) is 0 Å². The van der Waals surface area contributed by atoms with E-state index in [1.54, 1.807) is 6.07 Å². The van der Waals surface area contributed by atoms with Gasteiger partial charge in [-0.25, -0.2) is 4.39 Å². The van der Waals surface area contributed by atoms with Crippen molar-refractivity contribution in [2.24, 2.45) is 0 Å². The Labute approximate surface area is 92.7 Å². The van der Waals surface area contributed by atoms with Gasteiger partial charge in [-0.15, -0.1) is 11.8 Å². The number of thioether (sulfide) groups is 1. The highest BCUT2D eigenvalue weighted by molar-refractivity contribution is 8.00. The second kappa shape index (κ2) is 4.41. The lowest BCUT2D eigenvalue weighted by Gasteiger charge is -2.13. The molecule has 15 heavy (non-hydrogen) atoms. The number of anilines is 1. The first-order chi connectivity index (χ1) is 7.15. The third kappa shape index (κ3) is 2.63. The number of aliphatic hydroxyl groups is 1. The number of benzene rings is 1. The molecule has 1 aliphatic rings. The van der Waals surface area contributed by atoms with Crippen LogP contribution in [0, 0.1) is 5.82 Å². The quantitative estimate of drug-likeness (QED) is 0.763. The highest BCUT2D eigenvalue weighted by Crippen LogP contribution is 2.35. The fourth-order valence-corrected chi connectivity index (χ4v) is 3.18. The van der Waals surface area contributed by atoms with Crippen molar-refractivity contribution in [3.63, 3.8) is 0 Å². The van der Waals surface area contributed by atoms with Gasteiger partial charge in [0.05, 0.1) is 6.10 Å². The zero-order chi connectivity index (χ0) is 10.8. The van der Waals surface area contributed by atoms with Gasteiger partial charge in [-0.3, -0.25) is 0 Å². The van der Waals surface area contributed by atoms with E-state index in [4.69, 9.17) is 5.73 Å². The number of nitrogens with two attached hydrogens (primary N) is 1. The van der Waals surface area contributed by atoms with Crippen LogP contribution in [0.5, 0.6) is 0 Å². The Morgan fingerprint density at radius 2 is 2.13 bits per heavy atom. The lowest BCUT2D eigenvalue weighted by molar-refractivity contribution is 0.188. The molecule has 2 nitrogen and oxygen atoms in total. The van der Waals surface area contributed by atoms with Crippen molar-refractivity contribution in [3.8, 4) is 0 Å². The number of nitrogen functional groups attached to an aromatic ring is 1. The summed E-state index contributed by atoms with van der Waals surface area (Å²) >= 11 is 1.52. The van der Waals surface area contributed by atoms with Crippen LogP contribution in [0.4, 0.5) is 10.1 Å². The molecule has 4 heteroatoms. The van der Waals surface area contributed by atoms with Gasteiger partial charge in [0.1, 0.15) is 5.82 Å². The number of hydrogen-bond acceptors (Lipinski definition) is 3. The zero-order valence-corrected chi connectivity index (χ0v) is 9.14. The largest absolute Gasteiger partial charge is 0.399 e. The Balaban J connectivity index is 2.10. The number of aliphatic hydroxyl groups excluding tert-OH is 1. The summed E-state index contributed by atoms with van der Waals surface area (Å²) in [5.41, 5.74) is 5.99. The highest BCUT2D eigenvalue weighted by Gasteiger charge is 2.26. The van der Waals surface area contributed by atoms with E-state index in [0.717, 1.165) is 24.2 Å². The van der Waals surface area contributed by atoms with E-state index in [9.17, 15) is 9.50 Å². The molecule has 0 aliphatic heterocycles. The van der Waals surface area contributed by atoms with Gasteiger partial charge in [0, 0.05) is 15.8 Å². The summed E-state index contributed by atoms with van der Waals surface area (Å²) in [6.45, 7) is 0. The van der Waals surface area contributed by atoms with E-state index in [0.29, 0.717) is 5.69 Å². The molecule has 0 heterocycles. The molecule has 1 saturated carbocycles. The van der Waals surface area contributed by atoms with Gasteiger partial charge in [-0.1, -0.05) is 0 Å². The summed E-state index contributed by atoms with van der Waals surface area (Å²) in [4.78, 5) is 0.804. The molecule has 0 amide bonds. The van der Waals surface area contributed by atoms with Crippen LogP contribution in [0.15, 0.2) is 23.1 Å². The third-order valence-corrected chi connectivity index (χ3v) is 3.96. The predicted molar refractivity (Wildman–Crippen MR) is 60.3 cm³/mol. The first-order valence-corrected chi connectivity index (χ1v) is 5.94. The normalized spacial score (nSPS) is 25.7. The molecule has 1 aliphatic carbocycles. The molecule has 0 radical (unpaired) electrons. The van der Waals surface area contributed by atoms with Crippen LogP contribution in [-0.2, 0) is 0 Å². The Morgan fingerprint density at radius 1 is 1.33 bits per heavy atom. The number of rotatable bonds is 2. The van der Waals surface area contributed by atoms with Crippen LogP contribution in [-0.4, -0.2) is 16.5 Å². The van der Waals surface area contributed by atoms with Gasteiger partial charge >= 0.3 is 0 Å². The van der Waals surface area contributed by atoms with Gasteiger partial charge in [0.25, 0.3) is 0 Å². The molecule has 2 unspecified atom stereocenters. The maximum absolute atomic E-state index is 13.0. The summed E-state index contributed by atoms with van der Waals surface area (Å²) in [6.07, 6.45) is 2.62. The van der Waals surface area contributed by atoms with E-state index in [1.807, 2.05) is 0 Å². The first kappa shape index (κ1) is 10.8. The Morgan fingerprint density at radius 3 is 2.73 bits per heavy atom. The molecule has 2 rings (SSSR count). The van der Waals surface area contributed by atoms with Crippen LogP contribution < -0.4 is 5.73 Å². The monoisotopic (exact) mass is 227 g/mol. The molecule has 82 valence electrons. The number of halogens is 1. The minimum absolute atomic E-state index is 0.186. The molecular weight excluding hydrogens is 213 g/mol. The maximum atomic E-state index is 13.0. The first-order valence-electron chi connectivity index (χ1n) is 5.06. The topological polar surface area (TPSA) is 46.2 Å². The lowest BCUT2D eigenvalue weighted by atomic mass is 10.3. The summed E-state index contributed by atoms with van der Waals surface area (Å²) in [5, 5.41) is 9.83. The molecule has 1 aromatic carbocycles. The smallest absolute Gasteiger partial charge is 0.126 e. The van der Waals surface area contributed by atoms with Crippen molar-refractivity contribution in [2.75, 3.05) is 5.73 Å². The predicted octanol–water partition coefficient (Wildman–Crippen LogP) is 2.41. The average molecular weight is 227 g/mol. The van der Waals surface area contributed by atoms with Crippen LogP contribution in [0.1, 0.15) is 19.3 Å². The summed E-state index contributed by atoms with van der Waals surface area (Å²) < 4.78 is 13.0. The van der Waals surface area contributed by atoms with Crippen molar-refractivity contribution in [1.29, 1.82) is 0 Å². The third-order valence-electron chi connectivity index (χ3n) is 2.60. The van der Waals surface area contributed by atoms with E-state index < -0.39 is 0 Å². The van der Waals surface area contributed by atoms with Crippen LogP contribution in [0.25, 0.3) is 0 Å². The summed E-state index contributed by atoms with van der Waals surface area (Å²) in [7, 11) is 0. The zero-order valence-electron chi connectivity index (χ0n) is 8.32. The summed E-state index contributed by atoms with van der Waals surface area (Å²) in [6, 6.07) is 4.51. The molecule has 3 N–H and O–H groups in total. The standard InChI is InChI=1S/C11H14FNOS/c12-7-4-8(13)6-9(5-7)15-11-3-1-2-10(11)14/h4-6,10-11,14H,1-3,13H2. The number of hydrogen-bond donors (Lipinski definition) is 2. The minimum atomic E-state index is -0.315. The Kier molecular flexibility index (Phi) is 3.17. The molecule has 1 aromatic rings. The SMILES string of the molecule is Nc1cc(F)cc(SC2CCCC2O)c1. The van der Waals surface area contributed by atoms with E-state index >= 15 is 0 Å². The Hall–Kier alpha value is -0.740. The van der Waals surface area contributed by atoms with Crippen molar-refractivity contribution in [2.45, 2.75) is 35.5 Å².